The lowest BCUT2D eigenvalue weighted by Gasteiger charge is -2.47. The Morgan fingerprint density at radius 3 is 2.50 bits per heavy atom. The average Bonchev–Trinajstić information content (AvgIpc) is 3.25. The van der Waals surface area contributed by atoms with E-state index in [1.54, 1.807) is 23.1 Å². The Labute approximate surface area is 279 Å². The second-order valence-corrected chi connectivity index (χ2v) is 13.9. The SMILES string of the molecule is CC(C)OC(=O)N1CCC(Oc2ccc(I)cc2[C@H]2NC(=O)C[C@@H](c3cccc(Cl)c3)[C@]23C(=O)Nc2cc(Cl)ccc23)CC1. The number of rotatable bonds is 5. The lowest BCUT2D eigenvalue weighted by Crippen LogP contribution is -2.57. The molecular formula is C33H32Cl2IN3O5. The smallest absolute Gasteiger partial charge is 0.410 e. The third-order valence-electron chi connectivity index (χ3n) is 8.62. The van der Waals surface area contributed by atoms with Gasteiger partial charge in [0, 0.05) is 63.1 Å². The van der Waals surface area contributed by atoms with E-state index < -0.39 is 17.4 Å². The van der Waals surface area contributed by atoms with Gasteiger partial charge in [-0.25, -0.2) is 4.79 Å². The van der Waals surface area contributed by atoms with Gasteiger partial charge < -0.3 is 25.0 Å². The van der Waals surface area contributed by atoms with Crippen molar-refractivity contribution in [2.24, 2.45) is 0 Å². The van der Waals surface area contributed by atoms with Crippen molar-refractivity contribution >= 4 is 69.4 Å². The standard InChI is InChI=1S/C33H32Cl2IN3O5/c1-18(2)43-32(42)39-12-10-23(11-13-39)44-28-9-7-22(36)16-24(28)30-33(25-8-6-21(35)15-27(25)37-31(33)41)26(17-29(40)38-30)19-4-3-5-20(34)14-19/h3-9,14-16,18,23,26,30H,10-13,17H2,1-2H3,(H,37,41)(H,38,40)/t26-,30+,33-/m0/s1. The summed E-state index contributed by atoms with van der Waals surface area (Å²) in [6, 6.07) is 17.8. The molecule has 3 aliphatic heterocycles. The van der Waals surface area contributed by atoms with Crippen molar-refractivity contribution in [3.8, 4) is 5.75 Å². The highest BCUT2D eigenvalue weighted by molar-refractivity contribution is 14.1. The van der Waals surface area contributed by atoms with Gasteiger partial charge in [0.05, 0.1) is 12.1 Å². The minimum absolute atomic E-state index is 0.0946. The Morgan fingerprint density at radius 1 is 1.02 bits per heavy atom. The fourth-order valence-electron chi connectivity index (χ4n) is 6.73. The Balaban J connectivity index is 1.42. The van der Waals surface area contributed by atoms with Gasteiger partial charge in [-0.3, -0.25) is 9.59 Å². The Kier molecular flexibility index (Phi) is 8.73. The first-order valence-corrected chi connectivity index (χ1v) is 16.5. The van der Waals surface area contributed by atoms with Gasteiger partial charge in [0.25, 0.3) is 0 Å². The first kappa shape index (κ1) is 31.0. The van der Waals surface area contributed by atoms with Crippen molar-refractivity contribution in [2.75, 3.05) is 18.4 Å². The molecule has 0 radical (unpaired) electrons. The zero-order valence-electron chi connectivity index (χ0n) is 24.2. The zero-order chi connectivity index (χ0) is 31.2. The topological polar surface area (TPSA) is 97.0 Å². The number of likely N-dealkylation sites (tertiary alicyclic amines) is 1. The van der Waals surface area contributed by atoms with Gasteiger partial charge in [-0.2, -0.15) is 0 Å². The Morgan fingerprint density at radius 2 is 1.77 bits per heavy atom. The van der Waals surface area contributed by atoms with Crippen LogP contribution in [0.25, 0.3) is 0 Å². The number of halogens is 3. The molecule has 0 bridgehead atoms. The van der Waals surface area contributed by atoms with E-state index in [-0.39, 0.29) is 36.5 Å². The molecule has 1 spiro atoms. The van der Waals surface area contributed by atoms with Gasteiger partial charge in [0.2, 0.25) is 11.8 Å². The van der Waals surface area contributed by atoms with Crippen LogP contribution in [0.2, 0.25) is 10.0 Å². The number of hydrogen-bond donors (Lipinski definition) is 2. The number of benzene rings is 3. The number of nitrogens with zero attached hydrogens (tertiary/aromatic N) is 1. The highest BCUT2D eigenvalue weighted by atomic mass is 127. The minimum Gasteiger partial charge on any atom is -0.490 e. The average molecular weight is 748 g/mol. The lowest BCUT2D eigenvalue weighted by atomic mass is 9.59. The minimum atomic E-state index is -1.22. The van der Waals surface area contributed by atoms with E-state index in [2.05, 4.69) is 33.2 Å². The van der Waals surface area contributed by atoms with E-state index in [4.69, 9.17) is 32.7 Å². The van der Waals surface area contributed by atoms with Crippen LogP contribution in [-0.2, 0) is 19.7 Å². The normalized spacial score (nSPS) is 23.4. The maximum absolute atomic E-state index is 14.4. The van der Waals surface area contributed by atoms with Crippen molar-refractivity contribution in [3.05, 3.63) is 91.0 Å². The summed E-state index contributed by atoms with van der Waals surface area (Å²) in [5.74, 6) is -0.349. The summed E-state index contributed by atoms with van der Waals surface area (Å²) < 4.78 is 12.9. The summed E-state index contributed by atoms with van der Waals surface area (Å²) in [7, 11) is 0. The summed E-state index contributed by atoms with van der Waals surface area (Å²) >= 11 is 15.0. The van der Waals surface area contributed by atoms with Crippen LogP contribution in [-0.4, -0.2) is 48.1 Å². The van der Waals surface area contributed by atoms with Crippen molar-refractivity contribution in [1.82, 2.24) is 10.2 Å². The Bertz CT molecular complexity index is 1630. The van der Waals surface area contributed by atoms with E-state index in [1.807, 2.05) is 56.3 Å². The molecule has 2 fully saturated rings. The van der Waals surface area contributed by atoms with Gasteiger partial charge in [0.15, 0.2) is 0 Å². The highest BCUT2D eigenvalue weighted by Gasteiger charge is 2.61. The molecule has 2 saturated heterocycles. The van der Waals surface area contributed by atoms with E-state index >= 15 is 0 Å². The van der Waals surface area contributed by atoms with Crippen LogP contribution in [0.1, 0.15) is 61.8 Å². The quantitative estimate of drug-likeness (QED) is 0.269. The number of fused-ring (bicyclic) bond motifs is 2. The number of amides is 3. The van der Waals surface area contributed by atoms with Crippen molar-refractivity contribution in [2.45, 2.75) is 62.7 Å². The van der Waals surface area contributed by atoms with Crippen molar-refractivity contribution < 1.29 is 23.9 Å². The van der Waals surface area contributed by atoms with E-state index in [1.165, 1.54) is 0 Å². The van der Waals surface area contributed by atoms with Crippen LogP contribution in [0.4, 0.5) is 10.5 Å². The van der Waals surface area contributed by atoms with Gasteiger partial charge in [-0.1, -0.05) is 41.4 Å². The maximum atomic E-state index is 14.4. The van der Waals surface area contributed by atoms with Crippen LogP contribution in [0.15, 0.2) is 60.7 Å². The number of piperidine rings is 2. The molecule has 3 aliphatic rings. The van der Waals surface area contributed by atoms with Crippen LogP contribution in [0.5, 0.6) is 5.75 Å². The summed E-state index contributed by atoms with van der Waals surface area (Å²) in [5.41, 5.74) is 1.65. The second-order valence-electron chi connectivity index (χ2n) is 11.7. The number of anilines is 1. The fraction of sp³-hybridized carbons (Fsp3) is 0.364. The summed E-state index contributed by atoms with van der Waals surface area (Å²) in [6.45, 7) is 4.68. The van der Waals surface area contributed by atoms with Gasteiger partial charge in [0.1, 0.15) is 17.3 Å². The highest BCUT2D eigenvalue weighted by Crippen LogP contribution is 2.58. The van der Waals surface area contributed by atoms with Crippen molar-refractivity contribution in [1.29, 1.82) is 0 Å². The molecule has 0 unspecified atom stereocenters. The molecule has 230 valence electrons. The predicted octanol–water partition coefficient (Wildman–Crippen LogP) is 7.22. The first-order valence-electron chi connectivity index (χ1n) is 14.6. The van der Waals surface area contributed by atoms with Gasteiger partial charge in [-0.15, -0.1) is 0 Å². The fourth-order valence-corrected chi connectivity index (χ4v) is 7.62. The lowest BCUT2D eigenvalue weighted by molar-refractivity contribution is -0.131. The molecule has 0 aliphatic carbocycles. The van der Waals surface area contributed by atoms with Crippen LogP contribution in [0.3, 0.4) is 0 Å². The number of carbonyl (C=O) groups excluding carboxylic acids is 3. The monoisotopic (exact) mass is 747 g/mol. The molecule has 11 heteroatoms. The molecule has 3 heterocycles. The summed E-state index contributed by atoms with van der Waals surface area (Å²) in [4.78, 5) is 42.0. The molecular weight excluding hydrogens is 716 g/mol. The van der Waals surface area contributed by atoms with E-state index in [9.17, 15) is 14.4 Å². The molecule has 2 N–H and O–H groups in total. The number of nitrogens with one attached hydrogen (secondary N) is 2. The third kappa shape index (κ3) is 5.74. The van der Waals surface area contributed by atoms with E-state index in [0.29, 0.717) is 53.0 Å². The van der Waals surface area contributed by atoms with Crippen LogP contribution < -0.4 is 15.4 Å². The molecule has 3 aromatic rings. The molecule has 0 aromatic heterocycles. The number of carbonyl (C=O) groups is 3. The Hall–Kier alpha value is -3.02. The molecule has 8 nitrogen and oxygen atoms in total. The molecule has 0 saturated carbocycles. The van der Waals surface area contributed by atoms with Gasteiger partial charge in [-0.05, 0) is 90.0 Å². The van der Waals surface area contributed by atoms with Crippen LogP contribution in [0, 0.1) is 3.57 Å². The predicted molar refractivity (Wildman–Crippen MR) is 177 cm³/mol. The van der Waals surface area contributed by atoms with Crippen LogP contribution >= 0.6 is 45.8 Å². The van der Waals surface area contributed by atoms with Gasteiger partial charge >= 0.3 is 6.09 Å². The largest absolute Gasteiger partial charge is 0.490 e. The summed E-state index contributed by atoms with van der Waals surface area (Å²) in [5, 5.41) is 7.29. The molecule has 44 heavy (non-hydrogen) atoms. The third-order valence-corrected chi connectivity index (χ3v) is 9.76. The number of hydrogen-bond acceptors (Lipinski definition) is 5. The molecule has 3 amide bonds. The molecule has 3 atom stereocenters. The summed E-state index contributed by atoms with van der Waals surface area (Å²) in [6.07, 6.45) is 0.657. The zero-order valence-corrected chi connectivity index (χ0v) is 27.9. The maximum Gasteiger partial charge on any atom is 0.410 e. The first-order chi connectivity index (χ1) is 21.1. The number of ether oxygens (including phenoxy) is 2. The molecule has 6 rings (SSSR count). The van der Waals surface area contributed by atoms with E-state index in [0.717, 1.165) is 14.7 Å². The second kappa shape index (κ2) is 12.4. The molecule has 3 aromatic carbocycles. The van der Waals surface area contributed by atoms with Crippen molar-refractivity contribution in [3.63, 3.8) is 0 Å².